The summed E-state index contributed by atoms with van der Waals surface area (Å²) < 4.78 is 5.21. The predicted octanol–water partition coefficient (Wildman–Crippen LogP) is 2.16. The molecule has 2 heterocycles. The van der Waals surface area contributed by atoms with E-state index in [2.05, 4.69) is 0 Å². The Morgan fingerprint density at radius 2 is 2.10 bits per heavy atom. The molecule has 0 saturated heterocycles. The molecule has 2 atom stereocenters. The lowest BCUT2D eigenvalue weighted by Crippen LogP contribution is -2.46. The summed E-state index contributed by atoms with van der Waals surface area (Å²) in [4.78, 5) is 25.2. The molecule has 1 aromatic heterocycles. The highest BCUT2D eigenvalue weighted by Crippen LogP contribution is 2.39. The Morgan fingerprint density at radius 1 is 1.45 bits per heavy atom. The van der Waals surface area contributed by atoms with Crippen molar-refractivity contribution in [1.82, 2.24) is 4.90 Å². The molecule has 0 spiro atoms. The zero-order valence-electron chi connectivity index (χ0n) is 11.5. The Morgan fingerprint density at radius 3 is 2.65 bits per heavy atom. The second-order valence-electron chi connectivity index (χ2n) is 5.63. The number of hydrogen-bond acceptors (Lipinski definition) is 5. The van der Waals surface area contributed by atoms with Crippen LogP contribution in [-0.4, -0.2) is 39.3 Å². The van der Waals surface area contributed by atoms with E-state index in [9.17, 15) is 19.8 Å². The Bertz CT molecular complexity index is 533. The summed E-state index contributed by atoms with van der Waals surface area (Å²) in [6.07, 6.45) is -1.62. The number of hydrogen-bond donors (Lipinski definition) is 2. The fourth-order valence-corrected chi connectivity index (χ4v) is 3.16. The monoisotopic (exact) mass is 299 g/mol. The highest BCUT2D eigenvalue weighted by molar-refractivity contribution is 7.10. The first-order valence-electron chi connectivity index (χ1n) is 6.18. The molecule has 2 rings (SSSR count). The number of ether oxygens (including phenoxy) is 1. The summed E-state index contributed by atoms with van der Waals surface area (Å²) in [7, 11) is 0. The Balaban J connectivity index is 2.34. The highest BCUT2D eigenvalue weighted by atomic mass is 32.1. The number of aliphatic carboxylic acids is 1. The van der Waals surface area contributed by atoms with Crippen LogP contribution in [0.4, 0.5) is 4.79 Å². The van der Waals surface area contributed by atoms with Crippen LogP contribution in [-0.2, 0) is 9.53 Å². The number of β-amino-alcohol motifs (C(OH)–C–C–N with tert-alkyl or cyclic N) is 1. The average molecular weight is 299 g/mol. The van der Waals surface area contributed by atoms with E-state index in [4.69, 9.17) is 4.74 Å². The molecule has 2 N–H and O–H groups in total. The van der Waals surface area contributed by atoms with Crippen LogP contribution >= 0.6 is 11.3 Å². The maximum atomic E-state index is 12.1. The fourth-order valence-electron chi connectivity index (χ4n) is 2.11. The van der Waals surface area contributed by atoms with Gasteiger partial charge in [-0.2, -0.15) is 0 Å². The Kier molecular flexibility index (Phi) is 3.75. The molecule has 1 aliphatic rings. The molecule has 0 radical (unpaired) electrons. The van der Waals surface area contributed by atoms with Crippen LogP contribution in [0.25, 0.3) is 0 Å². The maximum Gasteiger partial charge on any atom is 0.411 e. The molecule has 0 fully saturated rings. The van der Waals surface area contributed by atoms with Gasteiger partial charge in [-0.1, -0.05) is 0 Å². The lowest BCUT2D eigenvalue weighted by atomic mass is 10.00. The third-order valence-electron chi connectivity index (χ3n) is 2.88. The fraction of sp³-hybridized carbons (Fsp3) is 0.538. The van der Waals surface area contributed by atoms with Crippen molar-refractivity contribution in [2.75, 3.05) is 6.54 Å². The zero-order chi connectivity index (χ0) is 15.1. The van der Waals surface area contributed by atoms with E-state index in [-0.39, 0.29) is 6.54 Å². The number of carbonyl (C=O) groups excluding carboxylic acids is 1. The first-order valence-corrected chi connectivity index (χ1v) is 7.06. The van der Waals surface area contributed by atoms with E-state index in [1.54, 1.807) is 32.2 Å². The minimum absolute atomic E-state index is 0.0877. The topological polar surface area (TPSA) is 87.1 Å². The van der Waals surface area contributed by atoms with Gasteiger partial charge in [-0.15, -0.1) is 11.3 Å². The molecule has 110 valence electrons. The Labute approximate surface area is 120 Å². The molecule has 1 amide bonds. The number of nitrogens with zero attached hydrogens (tertiary/aromatic N) is 1. The molecular formula is C13H17NO5S. The number of aliphatic hydroxyl groups excluding tert-OH is 1. The second kappa shape index (κ2) is 5.06. The molecule has 0 saturated carbocycles. The molecule has 1 aromatic rings. The van der Waals surface area contributed by atoms with Crippen LogP contribution in [0, 0.1) is 0 Å². The number of fused-ring (bicyclic) bond motifs is 1. The minimum Gasteiger partial charge on any atom is -0.479 e. The number of rotatable bonds is 1. The zero-order valence-corrected chi connectivity index (χ0v) is 12.3. The third kappa shape index (κ3) is 2.78. The summed E-state index contributed by atoms with van der Waals surface area (Å²) >= 11 is 1.21. The van der Waals surface area contributed by atoms with Gasteiger partial charge in [0.2, 0.25) is 0 Å². The van der Waals surface area contributed by atoms with E-state index in [1.807, 2.05) is 0 Å². The van der Waals surface area contributed by atoms with Gasteiger partial charge in [0.05, 0.1) is 12.6 Å². The molecule has 6 nitrogen and oxygen atoms in total. The second-order valence-corrected chi connectivity index (χ2v) is 6.58. The van der Waals surface area contributed by atoms with Gasteiger partial charge in [-0.05, 0) is 37.8 Å². The SMILES string of the molecule is CC(C)(C)OC(=O)N1CC(O)c2ccsc2C1C(=O)O. The molecule has 0 aliphatic carbocycles. The molecular weight excluding hydrogens is 282 g/mol. The van der Waals surface area contributed by atoms with Crippen molar-refractivity contribution in [3.05, 3.63) is 21.9 Å². The van der Waals surface area contributed by atoms with Crippen molar-refractivity contribution in [2.45, 2.75) is 38.5 Å². The van der Waals surface area contributed by atoms with Gasteiger partial charge in [0, 0.05) is 4.88 Å². The van der Waals surface area contributed by atoms with Crippen molar-refractivity contribution >= 4 is 23.4 Å². The Hall–Kier alpha value is -1.60. The van der Waals surface area contributed by atoms with E-state index in [1.165, 1.54) is 11.3 Å². The van der Waals surface area contributed by atoms with E-state index in [0.717, 1.165) is 4.90 Å². The van der Waals surface area contributed by atoms with Crippen LogP contribution in [0.15, 0.2) is 11.4 Å². The average Bonchev–Trinajstić information content (AvgIpc) is 2.74. The maximum absolute atomic E-state index is 12.1. The van der Waals surface area contributed by atoms with Gasteiger partial charge in [0.1, 0.15) is 5.60 Å². The summed E-state index contributed by atoms with van der Waals surface area (Å²) in [5.41, 5.74) is -0.150. The van der Waals surface area contributed by atoms with E-state index < -0.39 is 29.8 Å². The highest BCUT2D eigenvalue weighted by Gasteiger charge is 2.42. The lowest BCUT2D eigenvalue weighted by molar-refractivity contribution is -0.144. The molecule has 2 unspecified atom stereocenters. The van der Waals surface area contributed by atoms with Crippen LogP contribution < -0.4 is 0 Å². The van der Waals surface area contributed by atoms with Crippen LogP contribution in [0.2, 0.25) is 0 Å². The number of carbonyl (C=O) groups is 2. The van der Waals surface area contributed by atoms with Crippen molar-refractivity contribution in [1.29, 1.82) is 0 Å². The first-order chi connectivity index (χ1) is 9.20. The van der Waals surface area contributed by atoms with Gasteiger partial charge in [0.25, 0.3) is 0 Å². The van der Waals surface area contributed by atoms with Gasteiger partial charge >= 0.3 is 12.1 Å². The van der Waals surface area contributed by atoms with Crippen molar-refractivity contribution in [3.63, 3.8) is 0 Å². The first kappa shape index (κ1) is 14.8. The number of amides is 1. The number of thiophene rings is 1. The van der Waals surface area contributed by atoms with E-state index >= 15 is 0 Å². The molecule has 7 heteroatoms. The quantitative estimate of drug-likeness (QED) is 0.829. The summed E-state index contributed by atoms with van der Waals surface area (Å²) in [5, 5.41) is 21.1. The lowest BCUT2D eigenvalue weighted by Gasteiger charge is -2.36. The third-order valence-corrected chi connectivity index (χ3v) is 3.86. The van der Waals surface area contributed by atoms with Crippen LogP contribution in [0.5, 0.6) is 0 Å². The van der Waals surface area contributed by atoms with Gasteiger partial charge in [-0.25, -0.2) is 9.59 Å². The largest absolute Gasteiger partial charge is 0.479 e. The van der Waals surface area contributed by atoms with Crippen LogP contribution in [0.3, 0.4) is 0 Å². The number of aliphatic hydroxyl groups is 1. The normalized spacial score (nSPS) is 22.3. The van der Waals surface area contributed by atoms with Crippen molar-refractivity contribution in [3.8, 4) is 0 Å². The standard InChI is InChI=1S/C13H17NO5S/c1-13(2,3)19-12(18)14-6-8(15)7-4-5-20-10(7)9(14)11(16)17/h4-5,8-9,15H,6H2,1-3H3,(H,16,17). The minimum atomic E-state index is -1.13. The molecule has 0 aromatic carbocycles. The van der Waals surface area contributed by atoms with Gasteiger partial charge in [-0.3, -0.25) is 4.90 Å². The molecule has 20 heavy (non-hydrogen) atoms. The smallest absolute Gasteiger partial charge is 0.411 e. The number of carboxylic acids is 1. The van der Waals surface area contributed by atoms with Crippen molar-refractivity contribution < 1.29 is 24.5 Å². The summed E-state index contributed by atoms with van der Waals surface area (Å²) in [5.74, 6) is -1.13. The summed E-state index contributed by atoms with van der Waals surface area (Å²) in [6.45, 7) is 5.03. The van der Waals surface area contributed by atoms with Gasteiger partial charge < -0.3 is 14.9 Å². The van der Waals surface area contributed by atoms with Crippen molar-refractivity contribution in [2.24, 2.45) is 0 Å². The van der Waals surface area contributed by atoms with E-state index in [0.29, 0.717) is 10.4 Å². The van der Waals surface area contributed by atoms with Gasteiger partial charge in [0.15, 0.2) is 6.04 Å². The number of carboxylic acid groups (broad SMARTS) is 1. The molecule has 1 aliphatic heterocycles. The predicted molar refractivity (Wildman–Crippen MR) is 72.6 cm³/mol. The summed E-state index contributed by atoms with van der Waals surface area (Å²) in [6, 6.07) is 0.579. The van der Waals surface area contributed by atoms with Crippen LogP contribution in [0.1, 0.15) is 43.4 Å². The molecule has 0 bridgehead atoms.